The van der Waals surface area contributed by atoms with E-state index in [4.69, 9.17) is 0 Å². The van der Waals surface area contributed by atoms with Gasteiger partial charge in [0.1, 0.15) is 0 Å². The Balaban J connectivity index is 2.26. The van der Waals surface area contributed by atoms with E-state index in [1.54, 1.807) is 13.0 Å². The highest BCUT2D eigenvalue weighted by Gasteiger charge is 2.26. The predicted octanol–water partition coefficient (Wildman–Crippen LogP) is 2.13. The molecule has 1 aliphatic heterocycles. The van der Waals surface area contributed by atoms with E-state index in [2.05, 4.69) is 10.1 Å². The monoisotopic (exact) mass is 310 g/mol. The maximum Gasteiger partial charge on any atom is 0.306 e. The molecule has 0 saturated carbocycles. The van der Waals surface area contributed by atoms with Crippen molar-refractivity contribution in [2.45, 2.75) is 29.9 Å². The summed E-state index contributed by atoms with van der Waals surface area (Å²) in [4.78, 5) is 33.7. The van der Waals surface area contributed by atoms with Crippen LogP contribution in [0.5, 0.6) is 0 Å². The molecule has 1 N–H and O–H groups in total. The average molecular weight is 310 g/mol. The fraction of sp³-hybridized carbons (Fsp3) is 0.385. The third-order valence-corrected chi connectivity index (χ3v) is 4.17. The molecule has 0 spiro atoms. The first-order valence-electron chi connectivity index (χ1n) is 6.25. The molecule has 1 aromatic rings. The number of carbonyl (C=O) groups excluding carboxylic acids is 2. The van der Waals surface area contributed by atoms with E-state index in [1.165, 1.54) is 24.9 Å². The van der Waals surface area contributed by atoms with Gasteiger partial charge in [-0.25, -0.2) is 0 Å². The Morgan fingerprint density at radius 1 is 1.57 bits per heavy atom. The smallest absolute Gasteiger partial charge is 0.306 e. The van der Waals surface area contributed by atoms with Crippen LogP contribution in [0.15, 0.2) is 17.0 Å². The second kappa shape index (κ2) is 6.13. The molecule has 112 valence electrons. The highest BCUT2D eigenvalue weighted by Crippen LogP contribution is 2.39. The Labute approximate surface area is 125 Å². The van der Waals surface area contributed by atoms with Crippen molar-refractivity contribution in [3.05, 3.63) is 27.8 Å². The zero-order valence-corrected chi connectivity index (χ0v) is 12.4. The maximum absolute atomic E-state index is 11.4. The number of anilines is 1. The van der Waals surface area contributed by atoms with Crippen LogP contribution in [-0.4, -0.2) is 29.2 Å². The molecule has 21 heavy (non-hydrogen) atoms. The Kier molecular flexibility index (Phi) is 4.46. The van der Waals surface area contributed by atoms with Crippen LogP contribution in [0.4, 0.5) is 11.4 Å². The van der Waals surface area contributed by atoms with Crippen LogP contribution >= 0.6 is 11.8 Å². The van der Waals surface area contributed by atoms with Gasteiger partial charge in [-0.1, -0.05) is 6.92 Å². The molecule has 0 bridgehead atoms. The number of hydrogen-bond donors (Lipinski definition) is 1. The summed E-state index contributed by atoms with van der Waals surface area (Å²) in [6, 6.07) is 3.01. The average Bonchev–Trinajstić information content (AvgIpc) is 2.76. The van der Waals surface area contributed by atoms with E-state index in [0.29, 0.717) is 16.1 Å². The van der Waals surface area contributed by atoms with Crippen molar-refractivity contribution in [2.75, 3.05) is 12.4 Å². The van der Waals surface area contributed by atoms with Crippen molar-refractivity contribution in [1.29, 1.82) is 0 Å². The number of amides is 1. The molecule has 1 atom stereocenters. The lowest BCUT2D eigenvalue weighted by molar-refractivity contribution is -0.387. The Morgan fingerprint density at radius 3 is 2.90 bits per heavy atom. The molecular formula is C13H14N2O5S. The van der Waals surface area contributed by atoms with Gasteiger partial charge in [0.05, 0.1) is 29.8 Å². The van der Waals surface area contributed by atoms with E-state index in [1.807, 2.05) is 0 Å². The lowest BCUT2D eigenvalue weighted by atomic mass is 10.1. The number of nitrogens with zero attached hydrogens (tertiary/aromatic N) is 1. The normalized spacial score (nSPS) is 14.3. The number of carbonyl (C=O) groups is 2. The quantitative estimate of drug-likeness (QED) is 0.387. The van der Waals surface area contributed by atoms with Gasteiger partial charge in [0.25, 0.3) is 5.69 Å². The molecule has 1 amide bonds. The Morgan fingerprint density at radius 2 is 2.29 bits per heavy atom. The van der Waals surface area contributed by atoms with Crippen LogP contribution in [0, 0.1) is 10.1 Å². The lowest BCUT2D eigenvalue weighted by Crippen LogP contribution is -2.09. The molecule has 1 unspecified atom stereocenters. The number of nitro benzene ring substituents is 1. The summed E-state index contributed by atoms with van der Waals surface area (Å²) in [5.41, 5.74) is 1.17. The summed E-state index contributed by atoms with van der Waals surface area (Å²) in [5.74, 6) is -0.545. The SMILES string of the molecule is COC(=O)CC(C)Sc1cc2c(cc1[N+](=O)[O-])CC(=O)N2. The van der Waals surface area contributed by atoms with Crippen LogP contribution in [0.2, 0.25) is 0 Å². The second-order valence-electron chi connectivity index (χ2n) is 4.67. The van der Waals surface area contributed by atoms with Gasteiger partial charge in [-0.3, -0.25) is 19.7 Å². The van der Waals surface area contributed by atoms with Gasteiger partial charge in [-0.05, 0) is 11.6 Å². The molecule has 0 fully saturated rings. The van der Waals surface area contributed by atoms with Crippen LogP contribution < -0.4 is 5.32 Å². The van der Waals surface area contributed by atoms with Crippen LogP contribution in [0.1, 0.15) is 18.9 Å². The van der Waals surface area contributed by atoms with Gasteiger partial charge in [0, 0.05) is 17.0 Å². The molecular weight excluding hydrogens is 296 g/mol. The molecule has 0 saturated heterocycles. The van der Waals surface area contributed by atoms with Gasteiger partial charge in [-0.15, -0.1) is 11.8 Å². The summed E-state index contributed by atoms with van der Waals surface area (Å²) in [6.07, 6.45) is 0.306. The molecule has 1 heterocycles. The minimum Gasteiger partial charge on any atom is -0.469 e. The van der Waals surface area contributed by atoms with E-state index < -0.39 is 4.92 Å². The number of thioether (sulfide) groups is 1. The molecule has 0 aromatic heterocycles. The molecule has 2 rings (SSSR count). The minimum absolute atomic E-state index is 0.0491. The fourth-order valence-corrected chi connectivity index (χ4v) is 3.15. The fourth-order valence-electron chi connectivity index (χ4n) is 2.06. The number of hydrogen-bond acceptors (Lipinski definition) is 6. The number of ether oxygens (including phenoxy) is 1. The second-order valence-corrected chi connectivity index (χ2v) is 6.15. The molecule has 0 aliphatic carbocycles. The maximum atomic E-state index is 11.4. The molecule has 7 nitrogen and oxygen atoms in total. The summed E-state index contributed by atoms with van der Waals surface area (Å²) in [7, 11) is 1.30. The summed E-state index contributed by atoms with van der Waals surface area (Å²) in [6.45, 7) is 1.79. The predicted molar refractivity (Wildman–Crippen MR) is 77.4 cm³/mol. The van der Waals surface area contributed by atoms with Gasteiger partial charge >= 0.3 is 5.97 Å². The summed E-state index contributed by atoms with van der Waals surface area (Å²) >= 11 is 1.22. The van der Waals surface area contributed by atoms with Gasteiger partial charge in [-0.2, -0.15) is 0 Å². The first-order chi connectivity index (χ1) is 9.90. The van der Waals surface area contributed by atoms with E-state index >= 15 is 0 Å². The number of methoxy groups -OCH3 is 1. The van der Waals surface area contributed by atoms with E-state index in [-0.39, 0.29) is 35.7 Å². The highest BCUT2D eigenvalue weighted by molar-refractivity contribution is 8.00. The lowest BCUT2D eigenvalue weighted by Gasteiger charge is -2.11. The molecule has 8 heteroatoms. The minimum atomic E-state index is -0.476. The largest absolute Gasteiger partial charge is 0.469 e. The summed E-state index contributed by atoms with van der Waals surface area (Å²) < 4.78 is 4.58. The summed E-state index contributed by atoms with van der Waals surface area (Å²) in [5, 5.41) is 13.6. The number of rotatable bonds is 5. The van der Waals surface area contributed by atoms with Gasteiger partial charge < -0.3 is 10.1 Å². The van der Waals surface area contributed by atoms with Crippen LogP contribution in [0.3, 0.4) is 0 Å². The zero-order valence-electron chi connectivity index (χ0n) is 11.5. The van der Waals surface area contributed by atoms with E-state index in [9.17, 15) is 19.7 Å². The first-order valence-corrected chi connectivity index (χ1v) is 7.13. The number of benzene rings is 1. The standard InChI is InChI=1S/C13H14N2O5S/c1-7(3-13(17)20-2)21-11-6-9-8(5-12(16)14-9)4-10(11)15(18)19/h4,6-7H,3,5H2,1-2H3,(H,14,16). The number of fused-ring (bicyclic) bond motifs is 1. The van der Waals surface area contributed by atoms with Gasteiger partial charge in [0.2, 0.25) is 5.91 Å². The first kappa shape index (κ1) is 15.3. The Bertz CT molecular complexity index is 617. The number of nitro groups is 1. The topological polar surface area (TPSA) is 98.5 Å². The van der Waals surface area contributed by atoms with Crippen LogP contribution in [-0.2, 0) is 20.7 Å². The third kappa shape index (κ3) is 3.52. The third-order valence-electron chi connectivity index (χ3n) is 3.02. The number of nitrogens with one attached hydrogen (secondary N) is 1. The molecule has 1 aliphatic rings. The molecule has 0 radical (unpaired) electrons. The Hall–Kier alpha value is -2.09. The van der Waals surface area contributed by atoms with Crippen molar-refractivity contribution >= 4 is 35.0 Å². The van der Waals surface area contributed by atoms with Gasteiger partial charge in [0.15, 0.2) is 0 Å². The molecule has 1 aromatic carbocycles. The highest BCUT2D eigenvalue weighted by atomic mass is 32.2. The van der Waals surface area contributed by atoms with Crippen molar-refractivity contribution in [2.24, 2.45) is 0 Å². The van der Waals surface area contributed by atoms with Crippen molar-refractivity contribution in [3.63, 3.8) is 0 Å². The zero-order chi connectivity index (χ0) is 15.6. The number of esters is 1. The van der Waals surface area contributed by atoms with Crippen molar-refractivity contribution in [3.8, 4) is 0 Å². The van der Waals surface area contributed by atoms with Crippen molar-refractivity contribution in [1.82, 2.24) is 0 Å². The van der Waals surface area contributed by atoms with Crippen LogP contribution in [0.25, 0.3) is 0 Å². The van der Waals surface area contributed by atoms with E-state index in [0.717, 1.165) is 0 Å². The van der Waals surface area contributed by atoms with Crippen molar-refractivity contribution < 1.29 is 19.2 Å².